The van der Waals surface area contributed by atoms with Crippen LogP contribution in [0.5, 0.6) is 5.75 Å². The fourth-order valence-electron chi connectivity index (χ4n) is 0.883. The minimum absolute atomic E-state index is 0. The summed E-state index contributed by atoms with van der Waals surface area (Å²) in [5, 5.41) is 8.95. The van der Waals surface area contributed by atoms with Crippen molar-refractivity contribution in [3.8, 4) is 5.75 Å². The van der Waals surface area contributed by atoms with Crippen molar-refractivity contribution in [2.45, 2.75) is 6.42 Å². The van der Waals surface area contributed by atoms with E-state index in [9.17, 15) is 0 Å². The predicted molar refractivity (Wildman–Crippen MR) is 50.8 cm³/mol. The topological polar surface area (TPSA) is 29.5 Å². The Kier molecular flexibility index (Phi) is 6.48. The number of aromatic hydroxyl groups is 1. The molecule has 0 aliphatic heterocycles. The van der Waals surface area contributed by atoms with Crippen molar-refractivity contribution in [3.05, 3.63) is 29.8 Å². The second kappa shape index (κ2) is 6.49. The SMILES string of the molecule is COCCc1ccc(O)cc1.[NaH]. The Balaban J connectivity index is 0.00000121. The van der Waals surface area contributed by atoms with Crippen molar-refractivity contribution in [1.29, 1.82) is 0 Å². The van der Waals surface area contributed by atoms with Gasteiger partial charge in [-0.2, -0.15) is 0 Å². The molecular formula is C9H13NaO2. The normalized spacial score (nSPS) is 9.08. The maximum absolute atomic E-state index is 8.95. The van der Waals surface area contributed by atoms with Crippen LogP contribution in [0.4, 0.5) is 0 Å². The van der Waals surface area contributed by atoms with Gasteiger partial charge in [-0.15, -0.1) is 0 Å². The number of methoxy groups -OCH3 is 1. The molecule has 0 saturated carbocycles. The van der Waals surface area contributed by atoms with Crippen molar-refractivity contribution in [2.24, 2.45) is 0 Å². The Morgan fingerprint density at radius 3 is 2.33 bits per heavy atom. The molecule has 1 rings (SSSR count). The first-order valence-electron chi connectivity index (χ1n) is 3.60. The fraction of sp³-hybridized carbons (Fsp3) is 0.333. The molecule has 0 saturated heterocycles. The minimum atomic E-state index is 0. The molecule has 0 aliphatic rings. The molecular weight excluding hydrogens is 163 g/mol. The van der Waals surface area contributed by atoms with Crippen molar-refractivity contribution < 1.29 is 9.84 Å². The van der Waals surface area contributed by atoms with Gasteiger partial charge in [-0.05, 0) is 24.1 Å². The quantitative estimate of drug-likeness (QED) is 0.694. The number of phenols is 1. The summed E-state index contributed by atoms with van der Waals surface area (Å²) >= 11 is 0. The number of phenolic OH excluding ortho intramolecular Hbond substituents is 1. The molecule has 1 aromatic rings. The van der Waals surface area contributed by atoms with Crippen molar-refractivity contribution in [2.75, 3.05) is 13.7 Å². The number of hydrogen-bond donors (Lipinski definition) is 1. The van der Waals surface area contributed by atoms with E-state index in [-0.39, 0.29) is 29.6 Å². The van der Waals surface area contributed by atoms with Gasteiger partial charge < -0.3 is 9.84 Å². The molecule has 0 fully saturated rings. The Morgan fingerprint density at radius 2 is 1.83 bits per heavy atom. The second-order valence-electron chi connectivity index (χ2n) is 2.41. The van der Waals surface area contributed by atoms with Crippen molar-refractivity contribution in [1.82, 2.24) is 0 Å². The van der Waals surface area contributed by atoms with E-state index in [2.05, 4.69) is 0 Å². The summed E-state index contributed by atoms with van der Waals surface area (Å²) in [4.78, 5) is 0. The van der Waals surface area contributed by atoms with Gasteiger partial charge in [0.25, 0.3) is 0 Å². The van der Waals surface area contributed by atoms with E-state index in [1.807, 2.05) is 12.1 Å². The summed E-state index contributed by atoms with van der Waals surface area (Å²) in [6, 6.07) is 7.17. The third-order valence-electron chi connectivity index (χ3n) is 1.53. The average Bonchev–Trinajstić information content (AvgIpc) is 2.04. The first kappa shape index (κ1) is 12.0. The molecule has 12 heavy (non-hydrogen) atoms. The van der Waals surface area contributed by atoms with E-state index >= 15 is 0 Å². The van der Waals surface area contributed by atoms with E-state index < -0.39 is 0 Å². The molecule has 3 heteroatoms. The van der Waals surface area contributed by atoms with Crippen LogP contribution in [-0.2, 0) is 11.2 Å². The van der Waals surface area contributed by atoms with E-state index in [0.29, 0.717) is 5.75 Å². The van der Waals surface area contributed by atoms with E-state index in [0.717, 1.165) is 13.0 Å². The number of rotatable bonds is 3. The maximum atomic E-state index is 8.95. The van der Waals surface area contributed by atoms with Crippen LogP contribution in [0, 0.1) is 0 Å². The molecule has 0 spiro atoms. The van der Waals surface area contributed by atoms with Gasteiger partial charge in [0.1, 0.15) is 5.75 Å². The van der Waals surface area contributed by atoms with Gasteiger partial charge in [0, 0.05) is 7.11 Å². The van der Waals surface area contributed by atoms with Gasteiger partial charge in [0.2, 0.25) is 0 Å². The van der Waals surface area contributed by atoms with E-state index in [1.54, 1.807) is 19.2 Å². The Labute approximate surface area is 94.8 Å². The van der Waals surface area contributed by atoms with Gasteiger partial charge >= 0.3 is 29.6 Å². The molecule has 0 atom stereocenters. The van der Waals surface area contributed by atoms with Crippen LogP contribution in [0.1, 0.15) is 5.56 Å². The molecule has 0 aliphatic carbocycles. The molecule has 0 unspecified atom stereocenters. The average molecular weight is 176 g/mol. The molecule has 0 amide bonds. The summed E-state index contributed by atoms with van der Waals surface area (Å²) < 4.78 is 4.91. The molecule has 1 aromatic carbocycles. The molecule has 0 bridgehead atoms. The van der Waals surface area contributed by atoms with Crippen LogP contribution in [0.25, 0.3) is 0 Å². The van der Waals surface area contributed by atoms with E-state index in [1.165, 1.54) is 5.56 Å². The molecule has 1 N–H and O–H groups in total. The first-order valence-corrected chi connectivity index (χ1v) is 3.60. The fourth-order valence-corrected chi connectivity index (χ4v) is 0.883. The zero-order valence-corrected chi connectivity index (χ0v) is 6.58. The van der Waals surface area contributed by atoms with Gasteiger partial charge in [-0.1, -0.05) is 12.1 Å². The monoisotopic (exact) mass is 176 g/mol. The predicted octanol–water partition coefficient (Wildman–Crippen LogP) is 0.933. The van der Waals surface area contributed by atoms with Crippen LogP contribution in [0.15, 0.2) is 24.3 Å². The van der Waals surface area contributed by atoms with Gasteiger partial charge in [0.05, 0.1) is 6.61 Å². The third kappa shape index (κ3) is 4.12. The number of benzene rings is 1. The van der Waals surface area contributed by atoms with Gasteiger partial charge in [0.15, 0.2) is 0 Å². The van der Waals surface area contributed by atoms with Crippen LogP contribution in [-0.4, -0.2) is 48.4 Å². The zero-order valence-electron chi connectivity index (χ0n) is 6.58. The Morgan fingerprint density at radius 1 is 1.25 bits per heavy atom. The van der Waals surface area contributed by atoms with Gasteiger partial charge in [-0.3, -0.25) is 0 Å². The number of ether oxygens (including phenoxy) is 1. The molecule has 0 radical (unpaired) electrons. The molecule has 2 nitrogen and oxygen atoms in total. The summed E-state index contributed by atoms with van der Waals surface area (Å²) in [5.74, 6) is 0.311. The zero-order chi connectivity index (χ0) is 8.10. The summed E-state index contributed by atoms with van der Waals surface area (Å²) in [5.41, 5.74) is 1.18. The summed E-state index contributed by atoms with van der Waals surface area (Å²) in [6.07, 6.45) is 0.900. The third-order valence-corrected chi connectivity index (χ3v) is 1.53. The van der Waals surface area contributed by atoms with E-state index in [4.69, 9.17) is 9.84 Å². The summed E-state index contributed by atoms with van der Waals surface area (Å²) in [6.45, 7) is 0.727. The van der Waals surface area contributed by atoms with Crippen LogP contribution >= 0.6 is 0 Å². The molecule has 62 valence electrons. The number of hydrogen-bond acceptors (Lipinski definition) is 2. The van der Waals surface area contributed by atoms with Crippen molar-refractivity contribution >= 4 is 29.6 Å². The van der Waals surface area contributed by atoms with Crippen LogP contribution < -0.4 is 0 Å². The summed E-state index contributed by atoms with van der Waals surface area (Å²) in [7, 11) is 1.68. The van der Waals surface area contributed by atoms with Crippen LogP contribution in [0.2, 0.25) is 0 Å². The van der Waals surface area contributed by atoms with Gasteiger partial charge in [-0.25, -0.2) is 0 Å². The molecule has 0 aromatic heterocycles. The second-order valence-corrected chi connectivity index (χ2v) is 2.41. The first-order chi connectivity index (χ1) is 5.33. The Bertz CT molecular complexity index is 208. The molecule has 0 heterocycles. The Hall–Kier alpha value is -0.0200. The van der Waals surface area contributed by atoms with Crippen LogP contribution in [0.3, 0.4) is 0 Å². The standard InChI is InChI=1S/C9H12O2.Na.H/c1-11-7-6-8-2-4-9(10)5-3-8;;/h2-5,10H,6-7H2,1H3;;. The van der Waals surface area contributed by atoms with Crippen molar-refractivity contribution in [3.63, 3.8) is 0 Å².